The molecule has 0 saturated carbocycles. The Morgan fingerprint density at radius 1 is 1.31 bits per heavy atom. The van der Waals surface area contributed by atoms with Crippen molar-refractivity contribution in [3.63, 3.8) is 0 Å². The number of halogens is 2. The molecule has 1 aliphatic rings. The van der Waals surface area contributed by atoms with Crippen LogP contribution in [0.25, 0.3) is 0 Å². The molecule has 2 rings (SSSR count). The SMILES string of the molecule is Brc1ccc(C2CCCN2)cc1.[Cl-].[H+]. The molecular weight excluding hydrogens is 249 g/mol. The molecule has 1 heterocycles. The first kappa shape index (κ1) is 11.0. The quantitative estimate of drug-likeness (QED) is 0.751. The van der Waals surface area contributed by atoms with Gasteiger partial charge in [-0.2, -0.15) is 0 Å². The van der Waals surface area contributed by atoms with Gasteiger partial charge >= 0.3 is 1.43 Å². The monoisotopic (exact) mass is 261 g/mol. The van der Waals surface area contributed by atoms with E-state index >= 15 is 0 Å². The lowest BCUT2D eigenvalue weighted by Gasteiger charge is -2.09. The summed E-state index contributed by atoms with van der Waals surface area (Å²) in [5.41, 5.74) is 1.41. The van der Waals surface area contributed by atoms with Gasteiger partial charge in [0.25, 0.3) is 0 Å². The van der Waals surface area contributed by atoms with Crippen LogP contribution >= 0.6 is 15.9 Å². The molecular formula is C10H13BrClN. The fourth-order valence-electron chi connectivity index (χ4n) is 1.66. The van der Waals surface area contributed by atoms with Crippen molar-refractivity contribution >= 4 is 15.9 Å². The topological polar surface area (TPSA) is 12.0 Å². The van der Waals surface area contributed by atoms with Gasteiger partial charge in [0.1, 0.15) is 0 Å². The lowest BCUT2D eigenvalue weighted by Crippen LogP contribution is -3.00. The van der Waals surface area contributed by atoms with Crippen molar-refractivity contribution < 1.29 is 13.8 Å². The molecule has 13 heavy (non-hydrogen) atoms. The normalized spacial score (nSPS) is 21.2. The zero-order valence-electron chi connectivity index (χ0n) is 8.26. The fourth-order valence-corrected chi connectivity index (χ4v) is 1.93. The maximum atomic E-state index is 3.48. The van der Waals surface area contributed by atoms with E-state index in [2.05, 4.69) is 45.5 Å². The highest BCUT2D eigenvalue weighted by molar-refractivity contribution is 9.10. The lowest BCUT2D eigenvalue weighted by molar-refractivity contribution is -0.00000235. The van der Waals surface area contributed by atoms with Crippen molar-refractivity contribution in [1.82, 2.24) is 5.32 Å². The van der Waals surface area contributed by atoms with E-state index in [-0.39, 0.29) is 13.8 Å². The van der Waals surface area contributed by atoms with E-state index in [1.165, 1.54) is 24.9 Å². The molecule has 0 amide bonds. The molecule has 1 aliphatic heterocycles. The third-order valence-electron chi connectivity index (χ3n) is 2.33. The second-order valence-electron chi connectivity index (χ2n) is 3.20. The summed E-state index contributed by atoms with van der Waals surface area (Å²) in [6.45, 7) is 1.17. The van der Waals surface area contributed by atoms with Crippen LogP contribution in [0.3, 0.4) is 0 Å². The first-order valence-corrected chi connectivity index (χ1v) is 5.14. The predicted molar refractivity (Wildman–Crippen MR) is 55.2 cm³/mol. The number of hydrogen-bond acceptors (Lipinski definition) is 1. The van der Waals surface area contributed by atoms with E-state index in [1.54, 1.807) is 0 Å². The minimum absolute atomic E-state index is 0. The van der Waals surface area contributed by atoms with Crippen LogP contribution < -0.4 is 17.7 Å². The summed E-state index contributed by atoms with van der Waals surface area (Å²) in [7, 11) is 0. The van der Waals surface area contributed by atoms with Gasteiger partial charge < -0.3 is 17.7 Å². The van der Waals surface area contributed by atoms with Crippen LogP contribution in [0.4, 0.5) is 0 Å². The van der Waals surface area contributed by atoms with Crippen LogP contribution in [0.5, 0.6) is 0 Å². The van der Waals surface area contributed by atoms with Gasteiger partial charge in [0.05, 0.1) is 0 Å². The largest absolute Gasteiger partial charge is 1.00 e. The molecule has 0 radical (unpaired) electrons. The molecule has 1 aromatic rings. The van der Waals surface area contributed by atoms with Crippen molar-refractivity contribution in [3.8, 4) is 0 Å². The molecule has 3 heteroatoms. The van der Waals surface area contributed by atoms with Gasteiger partial charge in [-0.1, -0.05) is 28.1 Å². The molecule has 72 valence electrons. The van der Waals surface area contributed by atoms with Gasteiger partial charge in [0.15, 0.2) is 0 Å². The lowest BCUT2D eigenvalue weighted by atomic mass is 10.1. The average Bonchev–Trinajstić information content (AvgIpc) is 2.58. The van der Waals surface area contributed by atoms with Crippen LogP contribution in [0.2, 0.25) is 0 Å². The summed E-state index contributed by atoms with van der Waals surface area (Å²) < 4.78 is 1.16. The van der Waals surface area contributed by atoms with Gasteiger partial charge in [-0.15, -0.1) is 0 Å². The van der Waals surface area contributed by atoms with Crippen LogP contribution in [0, 0.1) is 0 Å². The Balaban J connectivity index is 0.000000845. The first-order chi connectivity index (χ1) is 5.86. The van der Waals surface area contributed by atoms with Gasteiger partial charge in [0.2, 0.25) is 0 Å². The zero-order chi connectivity index (χ0) is 8.39. The Kier molecular flexibility index (Phi) is 4.23. The van der Waals surface area contributed by atoms with Gasteiger partial charge in [0, 0.05) is 10.5 Å². The van der Waals surface area contributed by atoms with Crippen LogP contribution in [-0.2, 0) is 0 Å². The summed E-state index contributed by atoms with van der Waals surface area (Å²) in [6, 6.07) is 9.18. The highest BCUT2D eigenvalue weighted by Gasteiger charge is 2.15. The van der Waals surface area contributed by atoms with Gasteiger partial charge in [-0.3, -0.25) is 0 Å². The highest BCUT2D eigenvalue weighted by Crippen LogP contribution is 2.23. The summed E-state index contributed by atoms with van der Waals surface area (Å²) >= 11 is 3.43. The van der Waals surface area contributed by atoms with E-state index in [9.17, 15) is 0 Å². The van der Waals surface area contributed by atoms with Gasteiger partial charge in [-0.05, 0) is 37.1 Å². The summed E-state index contributed by atoms with van der Waals surface area (Å²) in [6.07, 6.45) is 2.59. The minimum atomic E-state index is 0. The maximum Gasteiger partial charge on any atom is 1.00 e. The Morgan fingerprint density at radius 3 is 2.54 bits per heavy atom. The Morgan fingerprint density at radius 2 is 2.00 bits per heavy atom. The number of rotatable bonds is 1. The molecule has 1 N–H and O–H groups in total. The summed E-state index contributed by atoms with van der Waals surface area (Å²) in [4.78, 5) is 0. The third-order valence-corrected chi connectivity index (χ3v) is 2.86. The van der Waals surface area contributed by atoms with Crippen molar-refractivity contribution in [3.05, 3.63) is 34.3 Å². The standard InChI is InChI=1S/C10H12BrN.ClH/c11-9-5-3-8(4-6-9)10-2-1-7-12-10;/h3-6,10,12H,1-2,7H2;1H. The highest BCUT2D eigenvalue weighted by atomic mass is 79.9. The van der Waals surface area contributed by atoms with Crippen molar-refractivity contribution in [2.24, 2.45) is 0 Å². The smallest absolute Gasteiger partial charge is 1.00 e. The first-order valence-electron chi connectivity index (χ1n) is 4.35. The molecule has 0 bridgehead atoms. The van der Waals surface area contributed by atoms with Gasteiger partial charge in [-0.25, -0.2) is 0 Å². The average molecular weight is 263 g/mol. The molecule has 1 atom stereocenters. The number of nitrogens with one attached hydrogen (secondary N) is 1. The zero-order valence-corrected chi connectivity index (χ0v) is 9.61. The van der Waals surface area contributed by atoms with Crippen LogP contribution in [0.1, 0.15) is 25.9 Å². The van der Waals surface area contributed by atoms with E-state index < -0.39 is 0 Å². The minimum Gasteiger partial charge on any atom is -1.00 e. The molecule has 1 saturated heterocycles. The van der Waals surface area contributed by atoms with Crippen molar-refractivity contribution in [2.45, 2.75) is 18.9 Å². The Hall–Kier alpha value is -0.0500. The second kappa shape index (κ2) is 4.99. The molecule has 1 nitrogen and oxygen atoms in total. The molecule has 0 spiro atoms. The van der Waals surface area contributed by atoms with E-state index in [4.69, 9.17) is 0 Å². The van der Waals surface area contributed by atoms with Crippen molar-refractivity contribution in [2.75, 3.05) is 6.54 Å². The Labute approximate surface area is 94.9 Å². The molecule has 1 unspecified atom stereocenters. The van der Waals surface area contributed by atoms with E-state index in [0.29, 0.717) is 6.04 Å². The van der Waals surface area contributed by atoms with E-state index in [1.807, 2.05) is 0 Å². The molecule has 1 fully saturated rings. The van der Waals surface area contributed by atoms with Crippen molar-refractivity contribution in [1.29, 1.82) is 0 Å². The second-order valence-corrected chi connectivity index (χ2v) is 4.12. The molecule has 0 aliphatic carbocycles. The summed E-state index contributed by atoms with van der Waals surface area (Å²) in [5, 5.41) is 3.48. The number of hydrogen-bond donors (Lipinski definition) is 1. The fraction of sp³-hybridized carbons (Fsp3) is 0.400. The summed E-state index contributed by atoms with van der Waals surface area (Å²) in [5.74, 6) is 0. The number of benzene rings is 1. The Bertz CT molecular complexity index is 259. The van der Waals surface area contributed by atoms with Crippen LogP contribution in [-0.4, -0.2) is 6.54 Å². The predicted octanol–water partition coefficient (Wildman–Crippen LogP) is -0.00990. The maximum absolute atomic E-state index is 3.48. The third kappa shape index (κ3) is 2.70. The van der Waals surface area contributed by atoms with Crippen LogP contribution in [0.15, 0.2) is 28.7 Å². The van der Waals surface area contributed by atoms with E-state index in [0.717, 1.165) is 4.47 Å². The molecule has 0 aromatic heterocycles. The molecule has 1 aromatic carbocycles.